The largest absolute Gasteiger partial charge is 1.00 e. The Morgan fingerprint density at radius 1 is 1.57 bits per heavy atom. The average molecular weight is 213 g/mol. The monoisotopic (exact) mass is 213 g/mol. The Morgan fingerprint density at radius 3 is 2.71 bits per heavy atom. The Kier molecular flexibility index (Phi) is 9.87. The summed E-state index contributed by atoms with van der Waals surface area (Å²) in [4.78, 5) is 3.76. The molecule has 0 amide bonds. The van der Waals surface area contributed by atoms with Crippen molar-refractivity contribution in [2.75, 3.05) is 5.32 Å². The fourth-order valence-corrected chi connectivity index (χ4v) is 0.869. The Morgan fingerprint density at radius 2 is 2.21 bits per heavy atom. The fraction of sp³-hybridized carbons (Fsp3) is 0.0909. The van der Waals surface area contributed by atoms with E-state index < -0.39 is 0 Å². The van der Waals surface area contributed by atoms with Gasteiger partial charge < -0.3 is 12.7 Å². The number of hydrogen-bond donors (Lipinski definition) is 1. The van der Waals surface area contributed by atoms with Gasteiger partial charge in [-0.2, -0.15) is 12.1 Å². The van der Waals surface area contributed by atoms with Gasteiger partial charge in [0.25, 0.3) is 0 Å². The predicted octanol–water partition coefficient (Wildman–Crippen LogP) is 0.219. The first-order chi connectivity index (χ1) is 5.72. The van der Waals surface area contributed by atoms with Crippen LogP contribution in [0.4, 0.5) is 11.4 Å². The third kappa shape index (κ3) is 5.72. The van der Waals surface area contributed by atoms with Crippen LogP contribution in [-0.4, -0.2) is 6.72 Å². The van der Waals surface area contributed by atoms with Crippen molar-refractivity contribution in [3.63, 3.8) is 0 Å². The Hall–Kier alpha value is 0.0664. The summed E-state index contributed by atoms with van der Waals surface area (Å²) in [5.41, 5.74) is 2.60. The summed E-state index contributed by atoms with van der Waals surface area (Å²) in [6.45, 7) is 9.06. The molecule has 0 unspecified atom stereocenters. The van der Waals surface area contributed by atoms with Crippen molar-refractivity contribution in [1.82, 2.24) is 0 Å². The third-order valence-corrected chi connectivity index (χ3v) is 1.31. The minimum atomic E-state index is 0. The minimum Gasteiger partial charge on any atom is -0.382 e. The maximum Gasteiger partial charge on any atom is 1.00 e. The predicted molar refractivity (Wildman–Crippen MR) is 59.3 cm³/mol. The standard InChI is InChI=1S/C10H11N2.CH3.K/c1-8(2)12-10-6-4-5-9(7-10)11-3;;/h4,6-7,12H,1,3H2,2H3;1H3;/q2*-1;+1. The van der Waals surface area contributed by atoms with E-state index in [4.69, 9.17) is 0 Å². The number of nitrogens with one attached hydrogen (secondary N) is 1. The van der Waals surface area contributed by atoms with Gasteiger partial charge in [-0.1, -0.05) is 12.3 Å². The summed E-state index contributed by atoms with van der Waals surface area (Å²) < 4.78 is 0. The molecule has 0 bridgehead atoms. The Balaban J connectivity index is 0. The molecule has 0 atom stereocenters. The van der Waals surface area contributed by atoms with Gasteiger partial charge in [-0.05, 0) is 19.3 Å². The van der Waals surface area contributed by atoms with Crippen molar-refractivity contribution in [2.24, 2.45) is 4.99 Å². The molecule has 1 aromatic rings. The van der Waals surface area contributed by atoms with E-state index in [1.54, 1.807) is 6.07 Å². The second kappa shape index (κ2) is 8.38. The van der Waals surface area contributed by atoms with E-state index >= 15 is 0 Å². The summed E-state index contributed by atoms with van der Waals surface area (Å²) in [5.74, 6) is 0. The number of aliphatic imine (C=N–C) groups is 1. The molecular formula is C11H14KN2-. The van der Waals surface area contributed by atoms with Crippen molar-refractivity contribution >= 4 is 18.1 Å². The normalized spacial score (nSPS) is 7.79. The Labute approximate surface area is 129 Å². The van der Waals surface area contributed by atoms with E-state index in [9.17, 15) is 0 Å². The molecule has 2 nitrogen and oxygen atoms in total. The molecule has 14 heavy (non-hydrogen) atoms. The van der Waals surface area contributed by atoms with E-state index in [2.05, 4.69) is 29.7 Å². The molecule has 3 heteroatoms. The molecule has 0 heterocycles. The first kappa shape index (κ1) is 16.5. The van der Waals surface area contributed by atoms with E-state index in [1.165, 1.54) is 0 Å². The van der Waals surface area contributed by atoms with Crippen LogP contribution in [-0.2, 0) is 0 Å². The van der Waals surface area contributed by atoms with Gasteiger partial charge in [0.1, 0.15) is 0 Å². The van der Waals surface area contributed by atoms with Crippen LogP contribution in [0.3, 0.4) is 0 Å². The summed E-state index contributed by atoms with van der Waals surface area (Å²) >= 11 is 0. The minimum absolute atomic E-state index is 0. The van der Waals surface area contributed by atoms with Crippen LogP contribution >= 0.6 is 0 Å². The summed E-state index contributed by atoms with van der Waals surface area (Å²) in [5, 5.41) is 3.08. The van der Waals surface area contributed by atoms with Gasteiger partial charge in [0, 0.05) is 5.70 Å². The van der Waals surface area contributed by atoms with Crippen LogP contribution in [0.5, 0.6) is 0 Å². The molecular weight excluding hydrogens is 199 g/mol. The molecule has 0 fully saturated rings. The Bertz CT molecular complexity index is 308. The van der Waals surface area contributed by atoms with Gasteiger partial charge in [-0.3, -0.25) is 4.99 Å². The molecule has 0 aromatic heterocycles. The number of hydrogen-bond acceptors (Lipinski definition) is 2. The molecule has 0 aliphatic heterocycles. The molecule has 0 spiro atoms. The maximum absolute atomic E-state index is 3.76. The molecule has 1 rings (SSSR count). The van der Waals surface area contributed by atoms with E-state index in [0.29, 0.717) is 0 Å². The van der Waals surface area contributed by atoms with Crippen molar-refractivity contribution < 1.29 is 51.4 Å². The van der Waals surface area contributed by atoms with Crippen molar-refractivity contribution in [3.05, 3.63) is 44.0 Å². The van der Waals surface area contributed by atoms with Crippen LogP contribution in [0.25, 0.3) is 0 Å². The number of nitrogens with zero attached hydrogens (tertiary/aromatic N) is 1. The fourth-order valence-electron chi connectivity index (χ4n) is 0.869. The van der Waals surface area contributed by atoms with Crippen LogP contribution in [0.1, 0.15) is 6.92 Å². The quantitative estimate of drug-likeness (QED) is 0.433. The van der Waals surface area contributed by atoms with Gasteiger partial charge in [-0.25, -0.2) is 0 Å². The zero-order valence-corrected chi connectivity index (χ0v) is 12.2. The number of rotatable bonds is 3. The van der Waals surface area contributed by atoms with Gasteiger partial charge in [0.2, 0.25) is 0 Å². The van der Waals surface area contributed by atoms with E-state index in [-0.39, 0.29) is 58.8 Å². The van der Waals surface area contributed by atoms with Crippen LogP contribution < -0.4 is 56.7 Å². The first-order valence-corrected chi connectivity index (χ1v) is 3.63. The van der Waals surface area contributed by atoms with Gasteiger partial charge in [0.15, 0.2) is 0 Å². The number of benzene rings is 1. The third-order valence-electron chi connectivity index (χ3n) is 1.31. The molecule has 0 saturated carbocycles. The van der Waals surface area contributed by atoms with Gasteiger partial charge in [0.05, 0.1) is 0 Å². The second-order valence-electron chi connectivity index (χ2n) is 2.53. The first-order valence-electron chi connectivity index (χ1n) is 3.63. The SMILES string of the molecule is C=Nc1[c-]ccc(NC(=C)C)c1.[CH3-].[K+]. The zero-order chi connectivity index (χ0) is 8.97. The van der Waals surface area contributed by atoms with Gasteiger partial charge >= 0.3 is 51.4 Å². The number of allylic oxidation sites excluding steroid dienone is 1. The van der Waals surface area contributed by atoms with E-state index in [1.807, 2.05) is 19.1 Å². The molecule has 0 aliphatic rings. The van der Waals surface area contributed by atoms with Gasteiger partial charge in [-0.15, -0.1) is 12.1 Å². The number of anilines is 1. The maximum atomic E-state index is 3.76. The summed E-state index contributed by atoms with van der Waals surface area (Å²) in [6.07, 6.45) is 0. The van der Waals surface area contributed by atoms with Crippen molar-refractivity contribution in [1.29, 1.82) is 0 Å². The molecule has 1 N–H and O–H groups in total. The molecule has 0 saturated heterocycles. The molecule has 0 aliphatic carbocycles. The van der Waals surface area contributed by atoms with Crippen molar-refractivity contribution in [2.45, 2.75) is 6.92 Å². The van der Waals surface area contributed by atoms with Crippen LogP contribution in [0.2, 0.25) is 0 Å². The summed E-state index contributed by atoms with van der Waals surface area (Å²) in [6, 6.07) is 8.50. The average Bonchev–Trinajstić information content (AvgIpc) is 2.03. The van der Waals surface area contributed by atoms with Crippen LogP contribution in [0.15, 0.2) is 35.5 Å². The smallest absolute Gasteiger partial charge is 0.382 e. The van der Waals surface area contributed by atoms with Crippen molar-refractivity contribution in [3.8, 4) is 0 Å². The molecule has 1 aromatic carbocycles. The zero-order valence-electron chi connectivity index (χ0n) is 9.09. The van der Waals surface area contributed by atoms with E-state index in [0.717, 1.165) is 17.1 Å². The topological polar surface area (TPSA) is 24.4 Å². The molecule has 70 valence electrons. The summed E-state index contributed by atoms with van der Waals surface area (Å²) in [7, 11) is 0. The molecule has 0 radical (unpaired) electrons. The second-order valence-corrected chi connectivity index (χ2v) is 2.53. The van der Waals surface area contributed by atoms with Crippen LogP contribution in [0, 0.1) is 13.5 Å².